The zero-order chi connectivity index (χ0) is 67.1. The fraction of sp³-hybridized carbons (Fsp3) is 0.417. The molecule has 6 aliphatic rings. The van der Waals surface area contributed by atoms with Crippen molar-refractivity contribution >= 4 is 52.4 Å². The molecule has 12 rings (SSSR count). The van der Waals surface area contributed by atoms with Gasteiger partial charge in [0, 0.05) is 47.3 Å². The van der Waals surface area contributed by atoms with Crippen molar-refractivity contribution in [1.29, 1.82) is 0 Å². The molecule has 12 nitrogen and oxygen atoms in total. The van der Waals surface area contributed by atoms with E-state index < -0.39 is 17.9 Å². The van der Waals surface area contributed by atoms with E-state index in [1.54, 1.807) is 24.3 Å². The molecule has 4 unspecified atom stereocenters. The highest BCUT2D eigenvalue weighted by Crippen LogP contribution is 2.55. The lowest BCUT2D eigenvalue weighted by Crippen LogP contribution is -2.25. The average Bonchev–Trinajstić information content (AvgIpc) is 1.58. The number of aryl methyl sites for hydroxylation is 1. The largest absolute Gasteiger partial charge is 0.365 e. The number of hydrogen-bond acceptors (Lipinski definition) is 12. The number of unbranched alkanes of at least 4 members (excludes halogenated alkanes) is 3. The van der Waals surface area contributed by atoms with Gasteiger partial charge in [0.05, 0.1) is 5.56 Å². The van der Waals surface area contributed by atoms with Crippen LogP contribution in [-0.2, 0) is 52.6 Å². The van der Waals surface area contributed by atoms with E-state index >= 15 is 0 Å². The van der Waals surface area contributed by atoms with Crippen LogP contribution in [0.3, 0.4) is 0 Å². The van der Waals surface area contributed by atoms with Crippen LogP contribution in [0, 0.1) is 17.8 Å². The Kier molecular flexibility index (Phi) is 20.8. The van der Waals surface area contributed by atoms with Gasteiger partial charge in [0.15, 0.2) is 0 Å². The van der Waals surface area contributed by atoms with Crippen LogP contribution in [0.2, 0.25) is 0 Å². The second-order valence-electron chi connectivity index (χ2n) is 27.9. The number of rotatable bonds is 26. The summed E-state index contributed by atoms with van der Waals surface area (Å²) in [6.07, 6.45) is 25.5. The van der Waals surface area contributed by atoms with Crippen LogP contribution in [0.15, 0.2) is 167 Å². The van der Waals surface area contributed by atoms with Gasteiger partial charge in [-0.15, -0.1) is 0 Å². The molecule has 0 heterocycles. The van der Waals surface area contributed by atoms with Gasteiger partial charge in [0.2, 0.25) is 17.3 Å². The van der Waals surface area contributed by atoms with E-state index in [0.717, 1.165) is 132 Å². The first-order chi connectivity index (χ1) is 46.6. The third-order valence-corrected chi connectivity index (χ3v) is 22.4. The molecule has 96 heavy (non-hydrogen) atoms. The lowest BCUT2D eigenvalue weighted by atomic mass is 9.73. The fourth-order valence-electron chi connectivity index (χ4n) is 17.2. The lowest BCUT2D eigenvalue weighted by Gasteiger charge is -2.30. The zero-order valence-corrected chi connectivity index (χ0v) is 56.8. The van der Waals surface area contributed by atoms with Crippen LogP contribution in [-0.4, -0.2) is 52.4 Å². The van der Waals surface area contributed by atoms with E-state index in [0.29, 0.717) is 53.2 Å². The number of carbonyl (C=O) groups excluding carboxylic acids is 6. The van der Waals surface area contributed by atoms with Crippen molar-refractivity contribution in [3.8, 4) is 22.3 Å². The summed E-state index contributed by atoms with van der Waals surface area (Å²) >= 11 is 0. The summed E-state index contributed by atoms with van der Waals surface area (Å²) in [7, 11) is 0. The summed E-state index contributed by atoms with van der Waals surface area (Å²) in [6, 6.07) is 43.2. The van der Waals surface area contributed by atoms with Crippen molar-refractivity contribution in [1.82, 2.24) is 0 Å². The van der Waals surface area contributed by atoms with Crippen molar-refractivity contribution < 1.29 is 43.3 Å². The topological polar surface area (TPSA) is 167 Å². The molecule has 4 atom stereocenters. The van der Waals surface area contributed by atoms with Crippen molar-refractivity contribution in [2.24, 2.45) is 33.2 Å². The molecule has 6 aromatic carbocycles. The van der Waals surface area contributed by atoms with Gasteiger partial charge in [0.25, 0.3) is 0 Å². The van der Waals surface area contributed by atoms with Crippen LogP contribution in [0.4, 0.5) is 0 Å². The smallest absolute Gasteiger partial charge is 0.318 e. The molecule has 0 bridgehead atoms. The van der Waals surface area contributed by atoms with Gasteiger partial charge < -0.3 is 14.5 Å². The number of Topliss-reactive ketones (excluding diaryl/α,β-unsaturated/α-hetero) is 3. The van der Waals surface area contributed by atoms with E-state index in [1.165, 1.54) is 70.3 Å². The number of benzene rings is 6. The molecule has 0 aromatic heterocycles. The summed E-state index contributed by atoms with van der Waals surface area (Å²) in [5, 5.41) is 12.7. The minimum atomic E-state index is -0.581. The first-order valence-electron chi connectivity index (χ1n) is 35.7. The van der Waals surface area contributed by atoms with E-state index in [-0.39, 0.29) is 63.3 Å². The Morgan fingerprint density at radius 2 is 1.09 bits per heavy atom. The highest BCUT2D eigenvalue weighted by molar-refractivity contribution is 6.47. The maximum atomic E-state index is 14.9. The molecule has 2 saturated carbocycles. The van der Waals surface area contributed by atoms with Crippen LogP contribution in [0.1, 0.15) is 257 Å². The van der Waals surface area contributed by atoms with Crippen LogP contribution >= 0.6 is 0 Å². The number of allylic oxidation sites excluding steroid dienone is 4. The Hall–Kier alpha value is -8.77. The summed E-state index contributed by atoms with van der Waals surface area (Å²) in [5.74, 6) is -1.37. The zero-order valence-electron chi connectivity index (χ0n) is 56.8. The highest BCUT2D eigenvalue weighted by Gasteiger charge is 2.43. The Bertz CT molecular complexity index is 4130. The predicted molar refractivity (Wildman–Crippen MR) is 379 cm³/mol. The van der Waals surface area contributed by atoms with E-state index in [4.69, 9.17) is 14.5 Å². The van der Waals surface area contributed by atoms with Crippen molar-refractivity contribution in [2.45, 2.75) is 205 Å². The van der Waals surface area contributed by atoms with Gasteiger partial charge in [-0.1, -0.05) is 222 Å². The van der Waals surface area contributed by atoms with E-state index in [9.17, 15) is 28.8 Å². The first-order valence-corrected chi connectivity index (χ1v) is 35.7. The molecule has 12 heteroatoms. The molecule has 6 aliphatic carbocycles. The molecule has 0 radical (unpaired) electrons. The molecule has 496 valence electrons. The molecule has 0 aliphatic heterocycles. The minimum absolute atomic E-state index is 0.112. The number of carbonyl (C=O) groups is 6. The average molecular weight is 1290 g/mol. The molecular formula is C84H91N3O9. The van der Waals surface area contributed by atoms with Gasteiger partial charge in [-0.25, -0.2) is 14.4 Å². The lowest BCUT2D eigenvalue weighted by molar-refractivity contribution is -0.141. The first kappa shape index (κ1) is 67.2. The molecule has 2 fully saturated rings. The monoisotopic (exact) mass is 1290 g/mol. The van der Waals surface area contributed by atoms with Gasteiger partial charge >= 0.3 is 17.9 Å². The summed E-state index contributed by atoms with van der Waals surface area (Å²) < 4.78 is 0. The Morgan fingerprint density at radius 3 is 1.79 bits per heavy atom. The third-order valence-electron chi connectivity index (χ3n) is 22.4. The number of ketones is 3. The second-order valence-corrected chi connectivity index (χ2v) is 27.9. The Balaban J connectivity index is 0.682. The summed E-state index contributed by atoms with van der Waals surface area (Å²) in [6.45, 7) is 11.5. The second kappa shape index (κ2) is 29.7. The SMILES string of the molecule is CCC1(CC)c2ccccc2-c2ccc(C(=O)/C(CCCCCCc3ccc4c(c3)-c3ccc(C(=O)/C(CC5CCCC(c6ccc7c(c6)C6C=CC(C(=O)/C(CC8CCCCC8)=N/OC(=O)c8ccccc8)=CC6C7)C5)=N/OC(C)=O)cc3C4(CC)CC)=N/OC(C)=O)cc21. The Morgan fingerprint density at radius 1 is 0.500 bits per heavy atom. The van der Waals surface area contributed by atoms with Crippen LogP contribution in [0.5, 0.6) is 0 Å². The molecule has 0 saturated heterocycles. The molecule has 0 spiro atoms. The summed E-state index contributed by atoms with van der Waals surface area (Å²) in [4.78, 5) is 96.7. The minimum Gasteiger partial charge on any atom is -0.318 e. The number of fused-ring (bicyclic) bond motifs is 9. The van der Waals surface area contributed by atoms with Crippen molar-refractivity contribution in [3.05, 3.63) is 212 Å². The van der Waals surface area contributed by atoms with Crippen molar-refractivity contribution in [3.63, 3.8) is 0 Å². The third kappa shape index (κ3) is 13.8. The van der Waals surface area contributed by atoms with Gasteiger partial charge in [0.1, 0.15) is 17.1 Å². The highest BCUT2D eigenvalue weighted by atomic mass is 16.7. The quantitative estimate of drug-likeness (QED) is 0.0169. The normalized spacial score (nSPS) is 19.8. The predicted octanol–water partition coefficient (Wildman–Crippen LogP) is 19.1. The molecule has 6 aromatic rings. The molecule has 0 amide bonds. The number of nitrogens with zero attached hydrogens (tertiary/aromatic N) is 3. The Labute approximate surface area is 566 Å². The molecule has 0 N–H and O–H groups in total. The van der Waals surface area contributed by atoms with Crippen LogP contribution < -0.4 is 0 Å². The number of oxime groups is 3. The van der Waals surface area contributed by atoms with Gasteiger partial charge in [-0.3, -0.25) is 14.4 Å². The maximum Gasteiger partial charge on any atom is 0.365 e. The van der Waals surface area contributed by atoms with Gasteiger partial charge in [-0.2, -0.15) is 0 Å². The van der Waals surface area contributed by atoms with Crippen LogP contribution in [0.25, 0.3) is 22.3 Å². The van der Waals surface area contributed by atoms with E-state index in [2.05, 4.69) is 134 Å². The van der Waals surface area contributed by atoms with Gasteiger partial charge in [-0.05, 0) is 198 Å². The number of hydrogen-bond donors (Lipinski definition) is 0. The van der Waals surface area contributed by atoms with Crippen molar-refractivity contribution in [2.75, 3.05) is 0 Å². The summed E-state index contributed by atoms with van der Waals surface area (Å²) in [5.41, 5.74) is 17.1. The van der Waals surface area contributed by atoms with E-state index in [1.807, 2.05) is 30.3 Å². The maximum absolute atomic E-state index is 14.9. The fourth-order valence-corrected chi connectivity index (χ4v) is 17.2. The standard InChI is InChI=1S/C84H91N3O9/c1-7-83(8-2)72-32-22-21-31-67(72)68-41-38-63(51-74(68)83)79(90)76(85-94-53(5)88)33-20-12-11-15-26-56-34-43-73-71(45-56)69-42-39-64(52-75(69)84(73,9-3)10-4)81(92)78(86-95-54(6)89)47-57-27-23-30-59(44-57)60-35-36-61-48-65-49-62(37-40-66(65)70(61)50-60)80(91)77(46-55-24-16-13-17-25-55)87-96-82(93)58-28-18-14-19-29-58/h14,18-19,21-22,28-29,31-32,34-43,45,49-52,55,57,59,65-66H,7-13,15-17,20,23-27,30,33,44,46-48H2,1-6H3/b85-76+,86-78+,87-77+. The molecular weight excluding hydrogens is 1190 g/mol.